The summed E-state index contributed by atoms with van der Waals surface area (Å²) >= 11 is 1.80. The first kappa shape index (κ1) is 13.6. The lowest BCUT2D eigenvalue weighted by atomic mass is 10.1. The highest BCUT2D eigenvalue weighted by atomic mass is 32.2. The third-order valence-electron chi connectivity index (χ3n) is 2.49. The van der Waals surface area contributed by atoms with Crippen molar-refractivity contribution in [2.45, 2.75) is 31.6 Å². The van der Waals surface area contributed by atoms with Crippen molar-refractivity contribution in [2.24, 2.45) is 5.73 Å². The van der Waals surface area contributed by atoms with Crippen LogP contribution in [-0.2, 0) is 4.74 Å². The molecule has 1 aromatic heterocycles. The Hall–Kier alpha value is -0.450. The van der Waals surface area contributed by atoms with Crippen molar-refractivity contribution in [1.29, 1.82) is 0 Å². The third kappa shape index (κ3) is 3.85. The van der Waals surface area contributed by atoms with Crippen LogP contribution in [0.5, 0.6) is 0 Å². The number of rotatable bonds is 7. The quantitative estimate of drug-likeness (QED) is 0.748. The van der Waals surface area contributed by atoms with E-state index in [1.165, 1.54) is 0 Å². The SMILES string of the molecule is CCC(N)C(SCCOC)c1ccc(C)o1. The van der Waals surface area contributed by atoms with E-state index in [9.17, 15) is 0 Å². The van der Waals surface area contributed by atoms with Crippen LogP contribution in [0.1, 0.15) is 30.1 Å². The van der Waals surface area contributed by atoms with Crippen LogP contribution in [0, 0.1) is 6.92 Å². The molecular formula is C12H21NO2S. The number of ether oxygens (including phenoxy) is 1. The Morgan fingerprint density at radius 1 is 1.50 bits per heavy atom. The second kappa shape index (κ2) is 6.99. The predicted molar refractivity (Wildman–Crippen MR) is 68.8 cm³/mol. The molecule has 0 aliphatic heterocycles. The number of hydrogen-bond donors (Lipinski definition) is 1. The summed E-state index contributed by atoms with van der Waals surface area (Å²) in [6.45, 7) is 4.81. The zero-order chi connectivity index (χ0) is 12.0. The summed E-state index contributed by atoms with van der Waals surface area (Å²) in [4.78, 5) is 0. The first-order chi connectivity index (χ1) is 7.69. The molecule has 0 aliphatic rings. The minimum atomic E-state index is 0.132. The zero-order valence-electron chi connectivity index (χ0n) is 10.2. The summed E-state index contributed by atoms with van der Waals surface area (Å²) in [5.74, 6) is 2.86. The van der Waals surface area contributed by atoms with E-state index >= 15 is 0 Å². The van der Waals surface area contributed by atoms with Crippen molar-refractivity contribution in [3.05, 3.63) is 23.7 Å². The van der Waals surface area contributed by atoms with Gasteiger partial charge >= 0.3 is 0 Å². The average Bonchev–Trinajstić information content (AvgIpc) is 2.70. The van der Waals surface area contributed by atoms with Crippen molar-refractivity contribution >= 4 is 11.8 Å². The van der Waals surface area contributed by atoms with Crippen LogP contribution in [0.3, 0.4) is 0 Å². The van der Waals surface area contributed by atoms with Crippen molar-refractivity contribution in [3.63, 3.8) is 0 Å². The first-order valence-corrected chi connectivity index (χ1v) is 6.66. The van der Waals surface area contributed by atoms with Gasteiger partial charge in [-0.2, -0.15) is 0 Å². The summed E-state index contributed by atoms with van der Waals surface area (Å²) in [6.07, 6.45) is 0.949. The topological polar surface area (TPSA) is 48.4 Å². The molecule has 92 valence electrons. The predicted octanol–water partition coefficient (Wildman–Crippen LogP) is 2.75. The lowest BCUT2D eigenvalue weighted by Crippen LogP contribution is -2.25. The molecule has 0 spiro atoms. The fourth-order valence-electron chi connectivity index (χ4n) is 1.50. The molecule has 16 heavy (non-hydrogen) atoms. The van der Waals surface area contributed by atoms with Gasteiger partial charge in [0.05, 0.1) is 11.9 Å². The van der Waals surface area contributed by atoms with Crippen molar-refractivity contribution in [1.82, 2.24) is 0 Å². The van der Waals surface area contributed by atoms with E-state index in [4.69, 9.17) is 14.9 Å². The molecule has 0 radical (unpaired) electrons. The minimum absolute atomic E-state index is 0.132. The Labute approximate surface area is 102 Å². The summed E-state index contributed by atoms with van der Waals surface area (Å²) in [6, 6.07) is 4.14. The molecule has 1 rings (SSSR count). The molecule has 1 aromatic rings. The third-order valence-corrected chi connectivity index (χ3v) is 3.83. The Kier molecular flexibility index (Phi) is 5.95. The maximum absolute atomic E-state index is 6.12. The van der Waals surface area contributed by atoms with Crippen LogP contribution < -0.4 is 5.73 Å². The lowest BCUT2D eigenvalue weighted by Gasteiger charge is -2.20. The molecule has 0 saturated heterocycles. The zero-order valence-corrected chi connectivity index (χ0v) is 11.0. The van der Waals surface area contributed by atoms with E-state index in [1.807, 2.05) is 19.1 Å². The molecule has 0 fully saturated rings. The molecule has 0 aliphatic carbocycles. The molecule has 2 unspecified atom stereocenters. The smallest absolute Gasteiger partial charge is 0.118 e. The normalized spacial score (nSPS) is 15.0. The van der Waals surface area contributed by atoms with E-state index in [1.54, 1.807) is 18.9 Å². The molecule has 4 heteroatoms. The first-order valence-electron chi connectivity index (χ1n) is 5.61. The fraction of sp³-hybridized carbons (Fsp3) is 0.667. The van der Waals surface area contributed by atoms with Gasteiger partial charge in [-0.3, -0.25) is 0 Å². The van der Waals surface area contributed by atoms with Gasteiger partial charge in [0.2, 0.25) is 0 Å². The van der Waals surface area contributed by atoms with Gasteiger partial charge in [-0.15, -0.1) is 11.8 Å². The van der Waals surface area contributed by atoms with Crippen LogP contribution in [0.25, 0.3) is 0 Å². The van der Waals surface area contributed by atoms with E-state index in [0.717, 1.165) is 30.3 Å². The van der Waals surface area contributed by atoms with Crippen molar-refractivity contribution in [2.75, 3.05) is 19.5 Å². The molecule has 3 nitrogen and oxygen atoms in total. The van der Waals surface area contributed by atoms with Gasteiger partial charge in [-0.05, 0) is 25.5 Å². The Morgan fingerprint density at radius 2 is 2.25 bits per heavy atom. The van der Waals surface area contributed by atoms with Crippen LogP contribution in [0.2, 0.25) is 0 Å². The van der Waals surface area contributed by atoms with Crippen molar-refractivity contribution < 1.29 is 9.15 Å². The van der Waals surface area contributed by atoms with Crippen LogP contribution in [0.15, 0.2) is 16.5 Å². The van der Waals surface area contributed by atoms with E-state index in [-0.39, 0.29) is 11.3 Å². The Balaban J connectivity index is 2.63. The van der Waals surface area contributed by atoms with Gasteiger partial charge in [0.25, 0.3) is 0 Å². The second-order valence-electron chi connectivity index (χ2n) is 3.80. The van der Waals surface area contributed by atoms with E-state index < -0.39 is 0 Å². The fourth-order valence-corrected chi connectivity index (χ4v) is 2.74. The number of methoxy groups -OCH3 is 1. The Morgan fingerprint density at radius 3 is 2.75 bits per heavy atom. The number of furan rings is 1. The average molecular weight is 243 g/mol. The monoisotopic (exact) mass is 243 g/mol. The molecule has 0 bridgehead atoms. The maximum Gasteiger partial charge on any atom is 0.118 e. The van der Waals surface area contributed by atoms with Crippen molar-refractivity contribution in [3.8, 4) is 0 Å². The second-order valence-corrected chi connectivity index (χ2v) is 5.05. The number of nitrogens with two attached hydrogens (primary N) is 1. The largest absolute Gasteiger partial charge is 0.465 e. The molecular weight excluding hydrogens is 222 g/mol. The van der Waals surface area contributed by atoms with Gasteiger partial charge < -0.3 is 14.9 Å². The van der Waals surface area contributed by atoms with Gasteiger partial charge in [0, 0.05) is 18.9 Å². The van der Waals surface area contributed by atoms with Gasteiger partial charge in [-0.25, -0.2) is 0 Å². The minimum Gasteiger partial charge on any atom is -0.465 e. The molecule has 2 atom stereocenters. The standard InChI is InChI=1S/C12H21NO2S/c1-4-10(13)12(16-8-7-14-3)11-6-5-9(2)15-11/h5-6,10,12H,4,7-8,13H2,1-3H3. The molecule has 0 amide bonds. The van der Waals surface area contributed by atoms with Gasteiger partial charge in [0.15, 0.2) is 0 Å². The van der Waals surface area contributed by atoms with Gasteiger partial charge in [-0.1, -0.05) is 6.92 Å². The molecule has 2 N–H and O–H groups in total. The summed E-state index contributed by atoms with van der Waals surface area (Å²) in [5, 5.41) is 0.230. The van der Waals surface area contributed by atoms with E-state index in [0.29, 0.717) is 0 Å². The maximum atomic E-state index is 6.12. The van der Waals surface area contributed by atoms with Gasteiger partial charge in [0.1, 0.15) is 11.5 Å². The highest BCUT2D eigenvalue weighted by molar-refractivity contribution is 7.99. The number of hydrogen-bond acceptors (Lipinski definition) is 4. The van der Waals surface area contributed by atoms with Crippen LogP contribution in [-0.4, -0.2) is 25.5 Å². The number of aryl methyl sites for hydroxylation is 1. The van der Waals surface area contributed by atoms with Crippen LogP contribution >= 0.6 is 11.8 Å². The summed E-state index contributed by atoms with van der Waals surface area (Å²) < 4.78 is 10.7. The van der Waals surface area contributed by atoms with Crippen LogP contribution in [0.4, 0.5) is 0 Å². The molecule has 1 heterocycles. The molecule has 0 saturated carbocycles. The molecule has 0 aromatic carbocycles. The summed E-state index contributed by atoms with van der Waals surface area (Å²) in [5.41, 5.74) is 6.12. The Bertz CT molecular complexity index is 301. The highest BCUT2D eigenvalue weighted by Gasteiger charge is 2.21. The summed E-state index contributed by atoms with van der Waals surface area (Å²) in [7, 11) is 1.71. The number of thioether (sulfide) groups is 1. The lowest BCUT2D eigenvalue weighted by molar-refractivity contribution is 0.218. The van der Waals surface area contributed by atoms with E-state index in [2.05, 4.69) is 6.92 Å². The highest BCUT2D eigenvalue weighted by Crippen LogP contribution is 2.33.